The number of carbonyl (C=O) groups excluding carboxylic acids is 1. The molecule has 0 aliphatic carbocycles. The highest BCUT2D eigenvalue weighted by Gasteiger charge is 2.28. The number of hydrogen-bond donors (Lipinski definition) is 1. The summed E-state index contributed by atoms with van der Waals surface area (Å²) in [7, 11) is -4.13. The van der Waals surface area contributed by atoms with E-state index in [4.69, 9.17) is 14.5 Å². The van der Waals surface area contributed by atoms with Crippen molar-refractivity contribution in [3.8, 4) is 22.9 Å². The minimum Gasteiger partial charge on any atom is -0.444 e. The third-order valence-electron chi connectivity index (χ3n) is 6.97. The van der Waals surface area contributed by atoms with E-state index in [-0.39, 0.29) is 28.2 Å². The van der Waals surface area contributed by atoms with Gasteiger partial charge in [0.05, 0.1) is 23.2 Å². The number of rotatable bonds is 7. The van der Waals surface area contributed by atoms with Crippen molar-refractivity contribution >= 4 is 38.5 Å². The van der Waals surface area contributed by atoms with Crippen LogP contribution >= 0.6 is 0 Å². The van der Waals surface area contributed by atoms with Gasteiger partial charge >= 0.3 is 6.09 Å². The van der Waals surface area contributed by atoms with Crippen molar-refractivity contribution in [1.82, 2.24) is 19.9 Å². The lowest BCUT2D eigenvalue weighted by molar-refractivity contribution is 0.0206. The van der Waals surface area contributed by atoms with Crippen molar-refractivity contribution in [2.75, 3.05) is 29.2 Å². The standard InChI is InChI=1S/C31H35FN6O5S/c1-20-13-14-22-23(10-6-12-26(22)38(32)44(5,40)41)27(20)42-28-24(11-7-16-33-28)25-15-17-34-29(36-25)35-21-9-8-18-37(19-21)30(39)43-31(2,3)4/h6-7,10-17,21H,8-9,18-19H2,1-5H3,(H,34,35,36). The number of pyridine rings is 1. The molecule has 0 saturated carbocycles. The lowest BCUT2D eigenvalue weighted by Crippen LogP contribution is -2.47. The van der Waals surface area contributed by atoms with Crippen molar-refractivity contribution in [2.45, 2.75) is 52.2 Å². The van der Waals surface area contributed by atoms with Crippen LogP contribution in [0.2, 0.25) is 0 Å². The molecular weight excluding hydrogens is 587 g/mol. The maximum atomic E-state index is 14.8. The summed E-state index contributed by atoms with van der Waals surface area (Å²) in [5, 5.41) is 4.23. The minimum absolute atomic E-state index is 0.0642. The largest absolute Gasteiger partial charge is 0.444 e. The lowest BCUT2D eigenvalue weighted by Gasteiger charge is -2.34. The van der Waals surface area contributed by atoms with Gasteiger partial charge in [0.2, 0.25) is 11.8 Å². The maximum Gasteiger partial charge on any atom is 0.410 e. The SMILES string of the molecule is Cc1ccc2c(N(F)S(C)(=O)=O)cccc2c1Oc1ncccc1-c1ccnc(NC2CCCN(C(=O)OC(C)(C)C)C2)n1. The number of likely N-dealkylation sites (tertiary alicyclic amines) is 1. The molecule has 0 bridgehead atoms. The zero-order valence-electron chi connectivity index (χ0n) is 25.2. The Hall–Kier alpha value is -4.52. The summed E-state index contributed by atoms with van der Waals surface area (Å²) in [6.45, 7) is 8.45. The molecule has 1 amide bonds. The molecule has 2 aromatic carbocycles. The molecule has 11 nitrogen and oxygen atoms in total. The molecule has 44 heavy (non-hydrogen) atoms. The summed E-state index contributed by atoms with van der Waals surface area (Å²) in [5.41, 5.74) is 1.20. The predicted octanol–water partition coefficient (Wildman–Crippen LogP) is 6.25. The highest BCUT2D eigenvalue weighted by molar-refractivity contribution is 7.91. The number of fused-ring (bicyclic) bond motifs is 1. The third-order valence-corrected chi connectivity index (χ3v) is 7.75. The molecule has 13 heteroatoms. The average Bonchev–Trinajstić information content (AvgIpc) is 2.97. The molecule has 1 aliphatic rings. The van der Waals surface area contributed by atoms with Gasteiger partial charge in [-0.25, -0.2) is 28.2 Å². The van der Waals surface area contributed by atoms with Crippen LogP contribution in [0, 0.1) is 6.92 Å². The molecule has 1 saturated heterocycles. The average molecular weight is 623 g/mol. The van der Waals surface area contributed by atoms with Gasteiger partial charge in [-0.05, 0) is 70.4 Å². The third kappa shape index (κ3) is 6.99. The summed E-state index contributed by atoms with van der Waals surface area (Å²) >= 11 is 0. The molecular formula is C31H35FN6O5S. The summed E-state index contributed by atoms with van der Waals surface area (Å²) < 4.78 is 50.3. The molecule has 1 N–H and O–H groups in total. The summed E-state index contributed by atoms with van der Waals surface area (Å²) in [5.74, 6) is 1.05. The zero-order chi connectivity index (χ0) is 31.6. The number of benzene rings is 2. The molecule has 4 aromatic rings. The molecule has 1 unspecified atom stereocenters. The Balaban J connectivity index is 1.41. The van der Waals surface area contributed by atoms with Crippen LogP contribution in [-0.2, 0) is 14.8 Å². The van der Waals surface area contributed by atoms with Gasteiger partial charge in [0.15, 0.2) is 0 Å². The van der Waals surface area contributed by atoms with E-state index in [2.05, 4.69) is 15.3 Å². The van der Waals surface area contributed by atoms with Gasteiger partial charge in [0.25, 0.3) is 10.0 Å². The Morgan fingerprint density at radius 1 is 1.07 bits per heavy atom. The number of anilines is 2. The first-order valence-electron chi connectivity index (χ1n) is 14.2. The fourth-order valence-corrected chi connectivity index (χ4v) is 5.52. The van der Waals surface area contributed by atoms with Crippen molar-refractivity contribution < 1.29 is 27.2 Å². The number of aromatic nitrogens is 3. The van der Waals surface area contributed by atoms with Crippen LogP contribution in [0.15, 0.2) is 60.9 Å². The van der Waals surface area contributed by atoms with Gasteiger partial charge in [-0.3, -0.25) is 0 Å². The predicted molar refractivity (Wildman–Crippen MR) is 167 cm³/mol. The van der Waals surface area contributed by atoms with E-state index in [0.29, 0.717) is 46.8 Å². The number of amides is 1. The number of ether oxygens (including phenoxy) is 2. The topological polar surface area (TPSA) is 127 Å². The van der Waals surface area contributed by atoms with Gasteiger partial charge in [-0.2, -0.15) is 0 Å². The van der Waals surface area contributed by atoms with Crippen LogP contribution in [0.25, 0.3) is 22.0 Å². The van der Waals surface area contributed by atoms with E-state index in [1.54, 1.807) is 53.7 Å². The number of hydrogen-bond acceptors (Lipinski definition) is 9. The summed E-state index contributed by atoms with van der Waals surface area (Å²) in [6, 6.07) is 13.3. The van der Waals surface area contributed by atoms with E-state index < -0.39 is 15.6 Å². The zero-order valence-corrected chi connectivity index (χ0v) is 26.1. The van der Waals surface area contributed by atoms with Crippen LogP contribution in [-0.4, -0.2) is 65.4 Å². The lowest BCUT2D eigenvalue weighted by atomic mass is 10.0. The van der Waals surface area contributed by atoms with Crippen LogP contribution in [0.4, 0.5) is 20.9 Å². The Labute approximate surface area is 256 Å². The Bertz CT molecular complexity index is 1800. The summed E-state index contributed by atoms with van der Waals surface area (Å²) in [4.78, 5) is 27.9. The number of nitrogens with one attached hydrogen (secondary N) is 1. The molecule has 1 fully saturated rings. The highest BCUT2D eigenvalue weighted by atomic mass is 32.2. The number of aryl methyl sites for hydroxylation is 1. The Morgan fingerprint density at radius 3 is 2.61 bits per heavy atom. The first-order valence-corrected chi connectivity index (χ1v) is 16.0. The van der Waals surface area contributed by atoms with Gasteiger partial charge < -0.3 is 19.7 Å². The van der Waals surface area contributed by atoms with Crippen LogP contribution in [0.3, 0.4) is 0 Å². The number of nitrogens with zero attached hydrogens (tertiary/aromatic N) is 5. The van der Waals surface area contributed by atoms with E-state index in [1.807, 2.05) is 33.8 Å². The van der Waals surface area contributed by atoms with E-state index >= 15 is 0 Å². The number of carbonyl (C=O) groups is 1. The Kier molecular flexibility index (Phi) is 8.60. The fraction of sp³-hybridized carbons (Fsp3) is 0.355. The summed E-state index contributed by atoms with van der Waals surface area (Å²) in [6.07, 6.45) is 5.33. The first-order chi connectivity index (χ1) is 20.8. The number of sulfonamides is 1. The second-order valence-electron chi connectivity index (χ2n) is 11.7. The highest BCUT2D eigenvalue weighted by Crippen LogP contribution is 2.40. The second-order valence-corrected chi connectivity index (χ2v) is 13.5. The van der Waals surface area contributed by atoms with Crippen molar-refractivity contribution in [1.29, 1.82) is 0 Å². The molecule has 232 valence electrons. The molecule has 1 atom stereocenters. The van der Waals surface area contributed by atoms with Gasteiger partial charge in [-0.1, -0.05) is 28.7 Å². The molecule has 0 radical (unpaired) electrons. The van der Waals surface area contributed by atoms with Crippen LogP contribution in [0.1, 0.15) is 39.2 Å². The number of piperidine rings is 1. The van der Waals surface area contributed by atoms with E-state index in [9.17, 15) is 17.7 Å². The normalized spacial score (nSPS) is 15.6. The minimum atomic E-state index is -4.13. The van der Waals surface area contributed by atoms with E-state index in [1.165, 1.54) is 6.07 Å². The molecule has 1 aliphatic heterocycles. The van der Waals surface area contributed by atoms with Crippen molar-refractivity contribution in [3.63, 3.8) is 0 Å². The monoisotopic (exact) mass is 622 g/mol. The maximum absolute atomic E-state index is 14.8. The van der Waals surface area contributed by atoms with Gasteiger partial charge in [0, 0.05) is 42.3 Å². The quantitative estimate of drug-likeness (QED) is 0.238. The number of halogens is 1. The van der Waals surface area contributed by atoms with Crippen molar-refractivity contribution in [3.05, 3.63) is 66.5 Å². The van der Waals surface area contributed by atoms with E-state index in [0.717, 1.165) is 24.7 Å². The smallest absolute Gasteiger partial charge is 0.410 e. The van der Waals surface area contributed by atoms with Gasteiger partial charge in [0.1, 0.15) is 11.4 Å². The molecule has 2 aromatic heterocycles. The second kappa shape index (κ2) is 12.2. The fourth-order valence-electron chi connectivity index (χ4n) is 5.00. The van der Waals surface area contributed by atoms with Crippen molar-refractivity contribution in [2.24, 2.45) is 0 Å². The first kappa shape index (κ1) is 30.9. The molecule has 0 spiro atoms. The molecule has 5 rings (SSSR count). The molecule has 3 heterocycles. The Morgan fingerprint density at radius 2 is 1.86 bits per heavy atom. The van der Waals surface area contributed by atoms with Crippen LogP contribution in [0.5, 0.6) is 11.6 Å². The van der Waals surface area contributed by atoms with Gasteiger partial charge in [-0.15, -0.1) is 4.53 Å². The van der Waals surface area contributed by atoms with Crippen LogP contribution < -0.4 is 14.6 Å².